The Morgan fingerprint density at radius 1 is 1.12 bits per heavy atom. The smallest absolute Gasteiger partial charge is 0.254 e. The van der Waals surface area contributed by atoms with E-state index in [1.165, 1.54) is 16.2 Å². The van der Waals surface area contributed by atoms with Crippen molar-refractivity contribution in [3.05, 3.63) is 58.1 Å². The maximum atomic E-state index is 12.2. The molecule has 1 aromatic heterocycles. The third-order valence-corrected chi connectivity index (χ3v) is 8.27. The van der Waals surface area contributed by atoms with Crippen LogP contribution in [0.4, 0.5) is 5.13 Å². The topological polar surface area (TPSA) is 52.6 Å². The lowest BCUT2D eigenvalue weighted by Crippen LogP contribution is -2.49. The van der Waals surface area contributed by atoms with Gasteiger partial charge in [-0.2, -0.15) is 0 Å². The van der Waals surface area contributed by atoms with E-state index in [2.05, 4.69) is 26.3 Å². The molecule has 1 fully saturated rings. The van der Waals surface area contributed by atoms with E-state index in [0.29, 0.717) is 16.6 Å². The second-order valence-corrected chi connectivity index (χ2v) is 10.6. The summed E-state index contributed by atoms with van der Waals surface area (Å²) in [5.41, 5.74) is 1.33. The van der Waals surface area contributed by atoms with E-state index >= 15 is 0 Å². The number of aromatic nitrogens is 2. The average Bonchev–Trinajstić information content (AvgIpc) is 3.26. The molecule has 1 saturated heterocycles. The Bertz CT molecular complexity index is 1120. The first kappa shape index (κ1) is 23.3. The zero-order valence-corrected chi connectivity index (χ0v) is 21.1. The van der Waals surface area contributed by atoms with Crippen LogP contribution < -0.4 is 4.90 Å². The normalized spacial score (nSPS) is 16.9. The lowest BCUT2D eigenvalue weighted by Gasteiger charge is -2.38. The minimum atomic E-state index is -0.124. The molecule has 0 aliphatic carbocycles. The Balaban J connectivity index is 1.44. The van der Waals surface area contributed by atoms with Gasteiger partial charge >= 0.3 is 0 Å². The molecule has 2 aromatic carbocycles. The fourth-order valence-corrected chi connectivity index (χ4v) is 5.76. The summed E-state index contributed by atoms with van der Waals surface area (Å²) in [5, 5.41) is 11.7. The van der Waals surface area contributed by atoms with Gasteiger partial charge in [0.2, 0.25) is 5.13 Å². The van der Waals surface area contributed by atoms with Gasteiger partial charge in [-0.25, -0.2) is 4.31 Å². The van der Waals surface area contributed by atoms with Crippen molar-refractivity contribution in [1.29, 1.82) is 0 Å². The molecule has 168 valence electrons. The highest BCUT2D eigenvalue weighted by Gasteiger charge is 2.27. The van der Waals surface area contributed by atoms with Gasteiger partial charge in [0, 0.05) is 50.2 Å². The van der Waals surface area contributed by atoms with Crippen LogP contribution in [0, 0.1) is 0 Å². The van der Waals surface area contributed by atoms with Gasteiger partial charge in [0.25, 0.3) is 5.91 Å². The molecule has 32 heavy (non-hydrogen) atoms. The zero-order chi connectivity index (χ0) is 22.8. The summed E-state index contributed by atoms with van der Waals surface area (Å²) >= 11 is 15.9. The van der Waals surface area contributed by atoms with Gasteiger partial charge in [0.1, 0.15) is 5.01 Å². The number of carbonyl (C=O) groups is 1. The molecule has 0 N–H and O–H groups in total. The molecule has 1 aliphatic heterocycles. The Morgan fingerprint density at radius 3 is 2.59 bits per heavy atom. The van der Waals surface area contributed by atoms with Gasteiger partial charge < -0.3 is 9.80 Å². The molecule has 0 radical (unpaired) electrons. The Morgan fingerprint density at radius 2 is 1.91 bits per heavy atom. The number of halogens is 2. The highest BCUT2D eigenvalue weighted by molar-refractivity contribution is 7.97. The SMILES string of the molecule is CC1CN(c2nnc(-c3ccc(C(=O)N(C)C)c(Cl)c3)s2)CCN1Sc1ccccc1Cl. The summed E-state index contributed by atoms with van der Waals surface area (Å²) in [6.07, 6.45) is 0. The molecule has 1 amide bonds. The number of rotatable bonds is 5. The maximum Gasteiger partial charge on any atom is 0.254 e. The van der Waals surface area contributed by atoms with Gasteiger partial charge in [-0.1, -0.05) is 52.7 Å². The molecule has 0 bridgehead atoms. The zero-order valence-electron chi connectivity index (χ0n) is 18.0. The van der Waals surface area contributed by atoms with Crippen molar-refractivity contribution in [2.45, 2.75) is 17.9 Å². The first-order valence-corrected chi connectivity index (χ1v) is 12.5. The van der Waals surface area contributed by atoms with Crippen LogP contribution in [0.2, 0.25) is 10.0 Å². The fraction of sp³-hybridized carbons (Fsp3) is 0.318. The summed E-state index contributed by atoms with van der Waals surface area (Å²) in [4.78, 5) is 17.1. The molecule has 0 saturated carbocycles. The summed E-state index contributed by atoms with van der Waals surface area (Å²) in [5.74, 6) is -0.124. The molecule has 6 nitrogen and oxygen atoms in total. The van der Waals surface area contributed by atoms with Crippen LogP contribution in [0.15, 0.2) is 47.4 Å². The highest BCUT2D eigenvalue weighted by Crippen LogP contribution is 2.35. The molecule has 1 atom stereocenters. The van der Waals surface area contributed by atoms with Gasteiger partial charge in [0.05, 0.1) is 15.6 Å². The molecular formula is C22H23Cl2N5OS2. The van der Waals surface area contributed by atoms with Crippen molar-refractivity contribution >= 4 is 57.5 Å². The summed E-state index contributed by atoms with van der Waals surface area (Å²) in [6.45, 7) is 4.80. The van der Waals surface area contributed by atoms with Gasteiger partial charge in [-0.15, -0.1) is 10.2 Å². The second-order valence-electron chi connectivity index (χ2n) is 7.74. The molecular weight excluding hydrogens is 485 g/mol. The summed E-state index contributed by atoms with van der Waals surface area (Å²) < 4.78 is 2.36. The number of piperazine rings is 1. The van der Waals surface area contributed by atoms with Gasteiger partial charge in [-0.05, 0) is 43.1 Å². The minimum Gasteiger partial charge on any atom is -0.345 e. The third-order valence-electron chi connectivity index (χ3n) is 5.16. The summed E-state index contributed by atoms with van der Waals surface area (Å²) in [6, 6.07) is 13.6. The van der Waals surface area contributed by atoms with E-state index in [9.17, 15) is 4.79 Å². The van der Waals surface area contributed by atoms with E-state index in [-0.39, 0.29) is 5.91 Å². The number of hydrogen-bond acceptors (Lipinski definition) is 7. The second kappa shape index (κ2) is 9.97. The van der Waals surface area contributed by atoms with Gasteiger partial charge in [-0.3, -0.25) is 4.79 Å². The van der Waals surface area contributed by atoms with Crippen LogP contribution in [-0.4, -0.2) is 65.1 Å². The van der Waals surface area contributed by atoms with E-state index in [1.54, 1.807) is 38.2 Å². The standard InChI is InChI=1S/C22H23Cl2N5OS2/c1-14-13-28(10-11-29(14)32-19-7-5-4-6-17(19)23)22-26-25-20(31-22)15-8-9-16(18(24)12-15)21(30)27(2)3/h4-9,12,14H,10-11,13H2,1-3H3. The molecule has 1 unspecified atom stereocenters. The Kier molecular flexibility index (Phi) is 7.27. The van der Waals surface area contributed by atoms with Crippen molar-refractivity contribution in [3.8, 4) is 10.6 Å². The number of hydrogen-bond donors (Lipinski definition) is 0. The van der Waals surface area contributed by atoms with Crippen molar-refractivity contribution in [2.24, 2.45) is 0 Å². The maximum absolute atomic E-state index is 12.2. The largest absolute Gasteiger partial charge is 0.345 e. The molecule has 2 heterocycles. The van der Waals surface area contributed by atoms with E-state index in [4.69, 9.17) is 23.2 Å². The lowest BCUT2D eigenvalue weighted by atomic mass is 10.1. The number of amides is 1. The highest BCUT2D eigenvalue weighted by atomic mass is 35.5. The van der Waals surface area contributed by atoms with Crippen molar-refractivity contribution in [2.75, 3.05) is 38.6 Å². The monoisotopic (exact) mass is 507 g/mol. The van der Waals surface area contributed by atoms with Crippen LogP contribution in [0.25, 0.3) is 10.6 Å². The first-order valence-electron chi connectivity index (χ1n) is 10.1. The van der Waals surface area contributed by atoms with Crippen molar-refractivity contribution in [3.63, 3.8) is 0 Å². The predicted molar refractivity (Wildman–Crippen MR) is 134 cm³/mol. The van der Waals surface area contributed by atoms with E-state index < -0.39 is 0 Å². The molecule has 4 rings (SSSR count). The van der Waals surface area contributed by atoms with Crippen LogP contribution in [0.1, 0.15) is 17.3 Å². The average molecular weight is 509 g/mol. The molecule has 0 spiro atoms. The number of nitrogens with zero attached hydrogens (tertiary/aromatic N) is 5. The number of benzene rings is 2. The van der Waals surface area contributed by atoms with Crippen LogP contribution >= 0.6 is 46.5 Å². The molecule has 3 aromatic rings. The molecule has 10 heteroatoms. The van der Waals surface area contributed by atoms with Crippen molar-refractivity contribution < 1.29 is 4.79 Å². The van der Waals surface area contributed by atoms with Crippen molar-refractivity contribution in [1.82, 2.24) is 19.4 Å². The fourth-order valence-electron chi connectivity index (χ4n) is 3.42. The van der Waals surface area contributed by atoms with Crippen LogP contribution in [-0.2, 0) is 0 Å². The Hall–Kier alpha value is -1.84. The first-order chi connectivity index (χ1) is 15.3. The van der Waals surface area contributed by atoms with Gasteiger partial charge in [0.15, 0.2) is 0 Å². The van der Waals surface area contributed by atoms with E-state index in [1.807, 2.05) is 30.3 Å². The Labute approximate surface area is 206 Å². The number of carbonyl (C=O) groups excluding carboxylic acids is 1. The van der Waals surface area contributed by atoms with Crippen LogP contribution in [0.5, 0.6) is 0 Å². The van der Waals surface area contributed by atoms with Crippen LogP contribution in [0.3, 0.4) is 0 Å². The summed E-state index contributed by atoms with van der Waals surface area (Å²) in [7, 11) is 3.41. The quantitative estimate of drug-likeness (QED) is 0.429. The lowest BCUT2D eigenvalue weighted by molar-refractivity contribution is 0.0828. The van der Waals surface area contributed by atoms with E-state index in [0.717, 1.165) is 45.3 Å². The minimum absolute atomic E-state index is 0.124. The number of anilines is 1. The molecule has 1 aliphatic rings. The predicted octanol–water partition coefficient (Wildman–Crippen LogP) is 5.43. The third kappa shape index (κ3) is 5.05.